The minimum absolute atomic E-state index is 0.509. The van der Waals surface area contributed by atoms with Gasteiger partial charge in [0.15, 0.2) is 0 Å². The number of rotatable bonds is 3. The van der Waals surface area contributed by atoms with Crippen LogP contribution in [0.25, 0.3) is 0 Å². The molecule has 0 heterocycles. The smallest absolute Gasteiger partial charge is 0.115 e. The van der Waals surface area contributed by atoms with Crippen LogP contribution in [0.3, 0.4) is 0 Å². The molecule has 0 amide bonds. The van der Waals surface area contributed by atoms with E-state index in [0.29, 0.717) is 6.42 Å². The van der Waals surface area contributed by atoms with E-state index in [1.54, 1.807) is 13.8 Å². The first-order valence-electron chi connectivity index (χ1n) is 4.92. The van der Waals surface area contributed by atoms with E-state index in [0.717, 1.165) is 5.56 Å². The summed E-state index contributed by atoms with van der Waals surface area (Å²) in [5.74, 6) is 0. The van der Waals surface area contributed by atoms with Crippen molar-refractivity contribution in [2.45, 2.75) is 38.4 Å². The molecule has 0 saturated carbocycles. The summed E-state index contributed by atoms with van der Waals surface area (Å²) >= 11 is 0. The topological polar surface area (TPSA) is 40.5 Å². The third-order valence-corrected chi connectivity index (χ3v) is 3.07. The van der Waals surface area contributed by atoms with Gasteiger partial charge in [-0.1, -0.05) is 37.3 Å². The van der Waals surface area contributed by atoms with Gasteiger partial charge in [0.2, 0.25) is 0 Å². The molecule has 2 nitrogen and oxygen atoms in total. The Morgan fingerprint density at radius 2 is 1.57 bits per heavy atom. The molecule has 0 spiro atoms. The Bertz CT molecular complexity index is 288. The Morgan fingerprint density at radius 3 is 2.00 bits per heavy atom. The van der Waals surface area contributed by atoms with Crippen molar-refractivity contribution in [2.24, 2.45) is 0 Å². The molecule has 0 fully saturated rings. The van der Waals surface area contributed by atoms with Crippen LogP contribution >= 0.6 is 0 Å². The summed E-state index contributed by atoms with van der Waals surface area (Å²) < 4.78 is 0. The van der Waals surface area contributed by atoms with E-state index in [1.165, 1.54) is 0 Å². The normalized spacial score (nSPS) is 19.8. The van der Waals surface area contributed by atoms with Crippen LogP contribution in [-0.2, 0) is 5.60 Å². The lowest BCUT2D eigenvalue weighted by Gasteiger charge is -2.38. The van der Waals surface area contributed by atoms with Crippen LogP contribution in [0, 0.1) is 0 Å². The zero-order valence-corrected chi connectivity index (χ0v) is 8.99. The zero-order valence-electron chi connectivity index (χ0n) is 8.99. The summed E-state index contributed by atoms with van der Waals surface area (Å²) in [5, 5.41) is 20.3. The Morgan fingerprint density at radius 1 is 1.07 bits per heavy atom. The van der Waals surface area contributed by atoms with Gasteiger partial charge in [-0.2, -0.15) is 0 Å². The standard InChI is InChI=1S/C12H18O2/c1-4-11(2,13)12(3,14)10-8-6-5-7-9-10/h5-9,13-14H,4H2,1-3H3. The van der Waals surface area contributed by atoms with Gasteiger partial charge in [0, 0.05) is 0 Å². The maximum absolute atomic E-state index is 10.3. The second-order valence-electron chi connectivity index (χ2n) is 4.07. The van der Waals surface area contributed by atoms with Crippen LogP contribution in [0.2, 0.25) is 0 Å². The van der Waals surface area contributed by atoms with Gasteiger partial charge in [-0.3, -0.25) is 0 Å². The van der Waals surface area contributed by atoms with Crippen LogP contribution < -0.4 is 0 Å². The van der Waals surface area contributed by atoms with Crippen molar-refractivity contribution in [3.8, 4) is 0 Å². The van der Waals surface area contributed by atoms with Crippen molar-refractivity contribution < 1.29 is 10.2 Å². The van der Waals surface area contributed by atoms with Gasteiger partial charge in [0.25, 0.3) is 0 Å². The van der Waals surface area contributed by atoms with E-state index < -0.39 is 11.2 Å². The lowest BCUT2D eigenvalue weighted by atomic mass is 9.79. The van der Waals surface area contributed by atoms with Gasteiger partial charge in [-0.25, -0.2) is 0 Å². The fraction of sp³-hybridized carbons (Fsp3) is 0.500. The van der Waals surface area contributed by atoms with Gasteiger partial charge in [-0.05, 0) is 25.8 Å². The molecule has 1 rings (SSSR count). The highest BCUT2D eigenvalue weighted by Gasteiger charge is 2.41. The van der Waals surface area contributed by atoms with Crippen LogP contribution in [-0.4, -0.2) is 15.8 Å². The molecule has 0 aromatic heterocycles. The molecule has 14 heavy (non-hydrogen) atoms. The number of benzene rings is 1. The summed E-state index contributed by atoms with van der Waals surface area (Å²) in [6.07, 6.45) is 0.509. The fourth-order valence-electron chi connectivity index (χ4n) is 1.42. The van der Waals surface area contributed by atoms with E-state index in [4.69, 9.17) is 0 Å². The summed E-state index contributed by atoms with van der Waals surface area (Å²) in [6.45, 7) is 5.16. The average Bonchev–Trinajstić information content (AvgIpc) is 2.19. The Hall–Kier alpha value is -0.860. The van der Waals surface area contributed by atoms with E-state index in [1.807, 2.05) is 37.3 Å². The number of hydrogen-bond donors (Lipinski definition) is 2. The molecule has 2 heteroatoms. The number of aliphatic hydroxyl groups is 2. The largest absolute Gasteiger partial charge is 0.387 e. The third kappa shape index (κ3) is 1.81. The molecule has 0 bridgehead atoms. The van der Waals surface area contributed by atoms with Crippen molar-refractivity contribution in [3.63, 3.8) is 0 Å². The number of hydrogen-bond acceptors (Lipinski definition) is 2. The predicted octanol–water partition coefficient (Wildman–Crippen LogP) is 2.06. The zero-order chi connectivity index (χ0) is 10.8. The van der Waals surface area contributed by atoms with Crippen molar-refractivity contribution in [3.05, 3.63) is 35.9 Å². The summed E-state index contributed by atoms with van der Waals surface area (Å²) in [5.41, 5.74) is -1.57. The second kappa shape index (κ2) is 3.71. The Kier molecular flexibility index (Phi) is 2.98. The molecule has 0 radical (unpaired) electrons. The van der Waals surface area contributed by atoms with Crippen molar-refractivity contribution >= 4 is 0 Å². The molecule has 1 aromatic rings. The molecule has 2 unspecified atom stereocenters. The van der Waals surface area contributed by atoms with Gasteiger partial charge in [0.1, 0.15) is 5.60 Å². The molecule has 2 N–H and O–H groups in total. The highest BCUT2D eigenvalue weighted by Crippen LogP contribution is 2.34. The molecule has 0 aliphatic carbocycles. The minimum Gasteiger partial charge on any atom is -0.387 e. The van der Waals surface area contributed by atoms with Crippen molar-refractivity contribution in [2.75, 3.05) is 0 Å². The fourth-order valence-corrected chi connectivity index (χ4v) is 1.42. The lowest BCUT2D eigenvalue weighted by Crippen LogP contribution is -2.46. The molecular weight excluding hydrogens is 176 g/mol. The third-order valence-electron chi connectivity index (χ3n) is 3.07. The SMILES string of the molecule is CCC(C)(O)C(C)(O)c1ccccc1. The minimum atomic E-state index is -1.21. The maximum atomic E-state index is 10.3. The average molecular weight is 194 g/mol. The molecule has 0 aliphatic heterocycles. The van der Waals surface area contributed by atoms with Crippen LogP contribution in [0.1, 0.15) is 32.8 Å². The molecule has 1 aromatic carbocycles. The van der Waals surface area contributed by atoms with E-state index in [-0.39, 0.29) is 0 Å². The maximum Gasteiger partial charge on any atom is 0.115 e. The van der Waals surface area contributed by atoms with Crippen molar-refractivity contribution in [1.82, 2.24) is 0 Å². The first-order chi connectivity index (χ1) is 6.42. The van der Waals surface area contributed by atoms with Crippen LogP contribution in [0.5, 0.6) is 0 Å². The van der Waals surface area contributed by atoms with E-state index in [9.17, 15) is 10.2 Å². The van der Waals surface area contributed by atoms with Gasteiger partial charge >= 0.3 is 0 Å². The molecule has 78 valence electrons. The summed E-state index contributed by atoms with van der Waals surface area (Å²) in [6, 6.07) is 9.25. The van der Waals surface area contributed by atoms with Gasteiger partial charge < -0.3 is 10.2 Å². The van der Waals surface area contributed by atoms with E-state index >= 15 is 0 Å². The first-order valence-corrected chi connectivity index (χ1v) is 4.92. The monoisotopic (exact) mass is 194 g/mol. The summed E-state index contributed by atoms with van der Waals surface area (Å²) in [7, 11) is 0. The Balaban J connectivity index is 3.08. The second-order valence-corrected chi connectivity index (χ2v) is 4.07. The Labute approximate surface area is 85.2 Å². The quantitative estimate of drug-likeness (QED) is 0.773. The molecule has 0 aliphatic rings. The molecular formula is C12H18O2. The summed E-state index contributed by atoms with van der Waals surface area (Å²) in [4.78, 5) is 0. The van der Waals surface area contributed by atoms with E-state index in [2.05, 4.69) is 0 Å². The van der Waals surface area contributed by atoms with Crippen LogP contribution in [0.4, 0.5) is 0 Å². The predicted molar refractivity (Wildman–Crippen MR) is 56.9 cm³/mol. The highest BCUT2D eigenvalue weighted by molar-refractivity contribution is 5.24. The highest BCUT2D eigenvalue weighted by atomic mass is 16.4. The van der Waals surface area contributed by atoms with Gasteiger partial charge in [-0.15, -0.1) is 0 Å². The first kappa shape index (κ1) is 11.2. The van der Waals surface area contributed by atoms with Gasteiger partial charge in [0.05, 0.1) is 5.60 Å². The molecule has 0 saturated heterocycles. The van der Waals surface area contributed by atoms with Crippen LogP contribution in [0.15, 0.2) is 30.3 Å². The lowest BCUT2D eigenvalue weighted by molar-refractivity contribution is -0.138. The molecule has 2 atom stereocenters. The van der Waals surface area contributed by atoms with Crippen molar-refractivity contribution in [1.29, 1.82) is 0 Å².